The maximum Gasteiger partial charge on any atom is 0.418 e. The highest BCUT2D eigenvalue weighted by molar-refractivity contribution is 7.99. The number of hydrogen-bond acceptors (Lipinski definition) is 5. The predicted molar refractivity (Wildman–Crippen MR) is 117 cm³/mol. The number of halogens is 3. The van der Waals surface area contributed by atoms with Gasteiger partial charge in [0.1, 0.15) is 11.1 Å². The molecule has 0 saturated heterocycles. The van der Waals surface area contributed by atoms with Crippen LogP contribution in [0.3, 0.4) is 0 Å². The van der Waals surface area contributed by atoms with Crippen LogP contribution in [-0.4, -0.2) is 21.2 Å². The van der Waals surface area contributed by atoms with E-state index in [2.05, 4.69) is 10.3 Å². The van der Waals surface area contributed by atoms with Gasteiger partial charge >= 0.3 is 6.18 Å². The van der Waals surface area contributed by atoms with Gasteiger partial charge in [-0.3, -0.25) is 14.2 Å². The van der Waals surface area contributed by atoms with Crippen molar-refractivity contribution in [3.8, 4) is 0 Å². The summed E-state index contributed by atoms with van der Waals surface area (Å²) >= 11 is 0.986. The minimum absolute atomic E-state index is 0.132. The van der Waals surface area contributed by atoms with Crippen LogP contribution in [0.5, 0.6) is 0 Å². The second-order valence-electron chi connectivity index (χ2n) is 7.01. The number of hydrogen-bond donors (Lipinski definition) is 1. The fourth-order valence-corrected chi connectivity index (χ4v) is 4.16. The van der Waals surface area contributed by atoms with Crippen molar-refractivity contribution >= 4 is 45.4 Å². The smallest absolute Gasteiger partial charge is 0.418 e. The van der Waals surface area contributed by atoms with E-state index in [0.717, 1.165) is 17.8 Å². The number of aromatic nitrogens is 2. The fourth-order valence-electron chi connectivity index (χ4n) is 3.34. The highest BCUT2D eigenvalue weighted by Gasteiger charge is 2.33. The molecule has 0 radical (unpaired) electrons. The maximum absolute atomic E-state index is 13.2. The van der Waals surface area contributed by atoms with Crippen LogP contribution in [0, 0.1) is 0 Å². The molecule has 4 rings (SSSR count). The number of carbonyl (C=O) groups is 1. The first kappa shape index (κ1) is 21.9. The van der Waals surface area contributed by atoms with Crippen molar-refractivity contribution in [3.05, 3.63) is 64.4 Å². The molecule has 2 heterocycles. The lowest BCUT2D eigenvalue weighted by atomic mass is 10.1. The standard InChI is InChI=1S/C22H18F3N3O3S/c1-2-11-28-20(30)19-18(13-7-3-6-10-16(13)31-19)27-21(28)32-12-17(29)26-15-9-5-4-8-14(15)22(23,24)25/h3-10H,2,11-12H2,1H3,(H,26,29). The summed E-state index contributed by atoms with van der Waals surface area (Å²) in [5, 5.41) is 3.28. The fraction of sp³-hybridized carbons (Fsp3) is 0.227. The number of furan rings is 1. The minimum Gasteiger partial charge on any atom is -0.448 e. The van der Waals surface area contributed by atoms with E-state index in [1.165, 1.54) is 22.8 Å². The summed E-state index contributed by atoms with van der Waals surface area (Å²) in [4.78, 5) is 30.0. The van der Waals surface area contributed by atoms with Gasteiger partial charge in [0.05, 0.1) is 17.0 Å². The molecule has 1 N–H and O–H groups in total. The first-order valence-corrected chi connectivity index (χ1v) is 10.8. The zero-order valence-electron chi connectivity index (χ0n) is 16.9. The Hall–Kier alpha value is -3.27. The number of nitrogens with one attached hydrogen (secondary N) is 1. The van der Waals surface area contributed by atoms with Gasteiger partial charge in [0.25, 0.3) is 5.56 Å². The number of anilines is 1. The molecule has 10 heteroatoms. The van der Waals surface area contributed by atoms with Gasteiger partial charge in [-0.2, -0.15) is 13.2 Å². The van der Waals surface area contributed by atoms with Gasteiger partial charge in [0, 0.05) is 11.9 Å². The number of alkyl halides is 3. The van der Waals surface area contributed by atoms with Crippen LogP contribution in [0.4, 0.5) is 18.9 Å². The number of benzene rings is 2. The number of nitrogens with zero attached hydrogens (tertiary/aromatic N) is 2. The summed E-state index contributed by atoms with van der Waals surface area (Å²) in [5.41, 5.74) is -0.556. The molecule has 0 atom stereocenters. The number of fused-ring (bicyclic) bond motifs is 3. The van der Waals surface area contributed by atoms with Gasteiger partial charge in [0.15, 0.2) is 5.16 Å². The lowest BCUT2D eigenvalue weighted by molar-refractivity contribution is -0.137. The van der Waals surface area contributed by atoms with E-state index in [-0.39, 0.29) is 22.6 Å². The molecule has 0 bridgehead atoms. The lowest BCUT2D eigenvalue weighted by Crippen LogP contribution is -2.24. The quantitative estimate of drug-likeness (QED) is 0.311. The van der Waals surface area contributed by atoms with E-state index < -0.39 is 17.6 Å². The van der Waals surface area contributed by atoms with E-state index in [9.17, 15) is 22.8 Å². The normalized spacial score (nSPS) is 11.9. The largest absolute Gasteiger partial charge is 0.448 e. The molecule has 0 spiro atoms. The molecule has 0 aliphatic heterocycles. The van der Waals surface area contributed by atoms with E-state index >= 15 is 0 Å². The van der Waals surface area contributed by atoms with E-state index in [4.69, 9.17) is 4.42 Å². The predicted octanol–water partition coefficient (Wildman–Crippen LogP) is 5.30. The van der Waals surface area contributed by atoms with Crippen LogP contribution in [0.1, 0.15) is 18.9 Å². The van der Waals surface area contributed by atoms with Crippen molar-refractivity contribution in [2.75, 3.05) is 11.1 Å². The third-order valence-electron chi connectivity index (χ3n) is 4.73. The summed E-state index contributed by atoms with van der Waals surface area (Å²) in [7, 11) is 0. The Morgan fingerprint density at radius 2 is 1.88 bits per heavy atom. The van der Waals surface area contributed by atoms with Gasteiger partial charge < -0.3 is 9.73 Å². The Kier molecular flexibility index (Phi) is 5.96. The second-order valence-corrected chi connectivity index (χ2v) is 7.95. The molecule has 2 aromatic carbocycles. The summed E-state index contributed by atoms with van der Waals surface area (Å²) in [5.74, 6) is -0.856. The molecule has 4 aromatic rings. The minimum atomic E-state index is -4.59. The number of para-hydroxylation sites is 2. The molecular formula is C22H18F3N3O3S. The first-order valence-electron chi connectivity index (χ1n) is 9.80. The number of rotatable bonds is 6. The topological polar surface area (TPSA) is 77.1 Å². The Morgan fingerprint density at radius 1 is 1.16 bits per heavy atom. The Balaban J connectivity index is 1.63. The summed E-state index contributed by atoms with van der Waals surface area (Å²) < 4.78 is 46.6. The van der Waals surface area contributed by atoms with Gasteiger partial charge in [-0.25, -0.2) is 4.98 Å². The monoisotopic (exact) mass is 461 g/mol. The SMILES string of the molecule is CCCn1c(SCC(=O)Nc2ccccc2C(F)(F)F)nc2c(oc3ccccc32)c1=O. The molecule has 0 aliphatic rings. The van der Waals surface area contributed by atoms with Crippen molar-refractivity contribution in [1.82, 2.24) is 9.55 Å². The molecule has 32 heavy (non-hydrogen) atoms. The van der Waals surface area contributed by atoms with Crippen LogP contribution in [0.15, 0.2) is 62.9 Å². The van der Waals surface area contributed by atoms with Crippen LogP contribution in [0.25, 0.3) is 22.1 Å². The number of thioether (sulfide) groups is 1. The maximum atomic E-state index is 13.2. The summed E-state index contributed by atoms with van der Waals surface area (Å²) in [6.45, 7) is 2.25. The Labute approximate surface area is 184 Å². The van der Waals surface area contributed by atoms with Crippen LogP contribution >= 0.6 is 11.8 Å². The number of carbonyl (C=O) groups excluding carboxylic acids is 1. The molecule has 0 saturated carbocycles. The van der Waals surface area contributed by atoms with E-state index in [1.807, 2.05) is 6.92 Å². The van der Waals surface area contributed by atoms with Crippen molar-refractivity contribution in [2.45, 2.75) is 31.2 Å². The Morgan fingerprint density at radius 3 is 2.62 bits per heavy atom. The lowest BCUT2D eigenvalue weighted by Gasteiger charge is -2.14. The van der Waals surface area contributed by atoms with Crippen LogP contribution in [-0.2, 0) is 17.5 Å². The average Bonchev–Trinajstić information content (AvgIpc) is 3.13. The third-order valence-corrected chi connectivity index (χ3v) is 5.71. The first-order chi connectivity index (χ1) is 15.3. The van der Waals surface area contributed by atoms with Crippen molar-refractivity contribution in [2.24, 2.45) is 0 Å². The molecule has 0 unspecified atom stereocenters. The van der Waals surface area contributed by atoms with Gasteiger partial charge in [-0.05, 0) is 30.7 Å². The molecule has 0 aliphatic carbocycles. The highest BCUT2D eigenvalue weighted by Crippen LogP contribution is 2.34. The van der Waals surface area contributed by atoms with Crippen molar-refractivity contribution in [1.29, 1.82) is 0 Å². The van der Waals surface area contributed by atoms with Crippen molar-refractivity contribution < 1.29 is 22.4 Å². The summed E-state index contributed by atoms with van der Waals surface area (Å²) in [6, 6.07) is 11.9. The van der Waals surface area contributed by atoms with Crippen LogP contribution in [0.2, 0.25) is 0 Å². The van der Waals surface area contributed by atoms with Crippen molar-refractivity contribution in [3.63, 3.8) is 0 Å². The molecule has 0 fully saturated rings. The van der Waals surface area contributed by atoms with E-state index in [0.29, 0.717) is 34.6 Å². The van der Waals surface area contributed by atoms with E-state index in [1.54, 1.807) is 24.3 Å². The third kappa shape index (κ3) is 4.22. The average molecular weight is 461 g/mol. The zero-order chi connectivity index (χ0) is 22.9. The molecular weight excluding hydrogens is 443 g/mol. The number of amides is 1. The zero-order valence-corrected chi connectivity index (χ0v) is 17.7. The van der Waals surface area contributed by atoms with Gasteiger partial charge in [-0.1, -0.05) is 43.0 Å². The van der Waals surface area contributed by atoms with Crippen LogP contribution < -0.4 is 10.9 Å². The van der Waals surface area contributed by atoms with Gasteiger partial charge in [-0.15, -0.1) is 0 Å². The molecule has 1 amide bonds. The molecule has 6 nitrogen and oxygen atoms in total. The molecule has 2 aromatic heterocycles. The Bertz CT molecular complexity index is 1360. The van der Waals surface area contributed by atoms with Gasteiger partial charge in [0.2, 0.25) is 11.5 Å². The molecule has 166 valence electrons. The highest BCUT2D eigenvalue weighted by atomic mass is 32.2. The summed E-state index contributed by atoms with van der Waals surface area (Å²) in [6.07, 6.45) is -3.94. The second kappa shape index (κ2) is 8.70.